The molecule has 1 N–H and O–H groups in total. The zero-order valence-corrected chi connectivity index (χ0v) is 18.6. The van der Waals surface area contributed by atoms with Crippen LogP contribution in [0.4, 0.5) is 11.4 Å². The average molecular weight is 458 g/mol. The Morgan fingerprint density at radius 3 is 2.32 bits per heavy atom. The molecule has 2 heterocycles. The third kappa shape index (κ3) is 4.23. The van der Waals surface area contributed by atoms with E-state index < -0.39 is 22.7 Å². The van der Waals surface area contributed by atoms with Gasteiger partial charge in [0.2, 0.25) is 0 Å². The zero-order valence-electron chi connectivity index (χ0n) is 18.6. The van der Waals surface area contributed by atoms with Crippen LogP contribution < -0.4 is 4.90 Å². The van der Waals surface area contributed by atoms with Gasteiger partial charge in [0.05, 0.1) is 16.5 Å². The van der Waals surface area contributed by atoms with Crippen molar-refractivity contribution >= 4 is 28.8 Å². The van der Waals surface area contributed by atoms with Gasteiger partial charge in [-0.1, -0.05) is 18.2 Å². The SMILES string of the molecule is CN(C)c1ccc(C2/C(=C(/O)c3ccc([N+](=O)[O-])cc3)C(=O)C(=O)N2Cc2cccnc2)cc1. The highest BCUT2D eigenvalue weighted by molar-refractivity contribution is 6.46. The number of aromatic nitrogens is 1. The number of nitro benzene ring substituents is 1. The van der Waals surface area contributed by atoms with Crippen molar-refractivity contribution in [3.63, 3.8) is 0 Å². The number of benzene rings is 2. The van der Waals surface area contributed by atoms with Crippen LogP contribution in [0.3, 0.4) is 0 Å². The molecule has 9 heteroatoms. The summed E-state index contributed by atoms with van der Waals surface area (Å²) in [6.07, 6.45) is 3.23. The third-order valence-corrected chi connectivity index (χ3v) is 5.69. The van der Waals surface area contributed by atoms with E-state index in [4.69, 9.17) is 0 Å². The van der Waals surface area contributed by atoms with Gasteiger partial charge in [0.25, 0.3) is 17.4 Å². The summed E-state index contributed by atoms with van der Waals surface area (Å²) < 4.78 is 0. The van der Waals surface area contributed by atoms with E-state index in [0.29, 0.717) is 5.56 Å². The maximum Gasteiger partial charge on any atom is 0.295 e. The maximum absolute atomic E-state index is 13.1. The molecule has 9 nitrogen and oxygen atoms in total. The first kappa shape index (κ1) is 22.7. The molecule has 1 fully saturated rings. The highest BCUT2D eigenvalue weighted by Crippen LogP contribution is 2.40. The number of nitrogens with zero attached hydrogens (tertiary/aromatic N) is 4. The normalized spacial score (nSPS) is 17.1. The Labute approximate surface area is 195 Å². The third-order valence-electron chi connectivity index (χ3n) is 5.69. The van der Waals surface area contributed by atoms with Gasteiger partial charge < -0.3 is 14.9 Å². The molecular formula is C25H22N4O5. The lowest BCUT2D eigenvalue weighted by Gasteiger charge is -2.26. The molecule has 1 amide bonds. The summed E-state index contributed by atoms with van der Waals surface area (Å²) in [4.78, 5) is 44.0. The summed E-state index contributed by atoms with van der Waals surface area (Å²) in [5.74, 6) is -1.95. The molecule has 0 spiro atoms. The van der Waals surface area contributed by atoms with Gasteiger partial charge in [-0.2, -0.15) is 0 Å². The van der Waals surface area contributed by atoms with Gasteiger partial charge in [-0.3, -0.25) is 24.7 Å². The van der Waals surface area contributed by atoms with Crippen LogP contribution in [0.1, 0.15) is 22.7 Å². The van der Waals surface area contributed by atoms with Crippen LogP contribution in [0.15, 0.2) is 78.6 Å². The molecule has 3 aromatic rings. The number of Topliss-reactive ketones (excluding diaryl/α,β-unsaturated/α-hetero) is 1. The van der Waals surface area contributed by atoms with Gasteiger partial charge in [-0.25, -0.2) is 0 Å². The second-order valence-electron chi connectivity index (χ2n) is 8.08. The van der Waals surface area contributed by atoms with Crippen molar-refractivity contribution in [1.82, 2.24) is 9.88 Å². The Kier molecular flexibility index (Phi) is 6.09. The minimum absolute atomic E-state index is 0.0691. The predicted molar refractivity (Wildman–Crippen MR) is 126 cm³/mol. The van der Waals surface area contributed by atoms with E-state index in [1.807, 2.05) is 43.3 Å². The van der Waals surface area contributed by atoms with Gasteiger partial charge >= 0.3 is 0 Å². The summed E-state index contributed by atoms with van der Waals surface area (Å²) in [6, 6.07) is 15.2. The second kappa shape index (κ2) is 9.14. The largest absolute Gasteiger partial charge is 0.507 e. The molecule has 34 heavy (non-hydrogen) atoms. The standard InChI is InChI=1S/C25H22N4O5/c1-27(2)19-9-5-17(6-10-19)22-21(23(30)18-7-11-20(12-8-18)29(33)34)24(31)25(32)28(22)15-16-4-3-13-26-14-16/h3-14,22,30H,15H2,1-2H3/b23-21-. The number of likely N-dealkylation sites (tertiary alicyclic amines) is 1. The van der Waals surface area contributed by atoms with Gasteiger partial charge in [0.1, 0.15) is 5.76 Å². The number of pyridine rings is 1. The molecule has 4 rings (SSSR count). The van der Waals surface area contributed by atoms with Crippen molar-refractivity contribution in [3.8, 4) is 0 Å². The van der Waals surface area contributed by atoms with E-state index in [2.05, 4.69) is 4.98 Å². The van der Waals surface area contributed by atoms with E-state index in [-0.39, 0.29) is 29.1 Å². The molecule has 1 aliphatic heterocycles. The summed E-state index contributed by atoms with van der Waals surface area (Å²) in [5.41, 5.74) is 2.31. The highest BCUT2D eigenvalue weighted by atomic mass is 16.6. The van der Waals surface area contributed by atoms with Gasteiger partial charge in [-0.15, -0.1) is 0 Å². The lowest BCUT2D eigenvalue weighted by molar-refractivity contribution is -0.384. The number of rotatable bonds is 6. The molecule has 1 unspecified atom stereocenters. The lowest BCUT2D eigenvalue weighted by Crippen LogP contribution is -2.29. The maximum atomic E-state index is 13.1. The van der Waals surface area contributed by atoms with Crippen LogP contribution in [0.5, 0.6) is 0 Å². The number of aliphatic hydroxyl groups is 1. The minimum Gasteiger partial charge on any atom is -0.507 e. The monoisotopic (exact) mass is 458 g/mol. The molecule has 2 aromatic carbocycles. The molecule has 172 valence electrons. The summed E-state index contributed by atoms with van der Waals surface area (Å²) in [6.45, 7) is 0.121. The number of anilines is 1. The number of hydrogen-bond acceptors (Lipinski definition) is 7. The number of carbonyl (C=O) groups is 2. The van der Waals surface area contributed by atoms with Crippen molar-refractivity contribution in [2.45, 2.75) is 12.6 Å². The topological polar surface area (TPSA) is 117 Å². The highest BCUT2D eigenvalue weighted by Gasteiger charge is 2.46. The van der Waals surface area contributed by atoms with Crippen molar-refractivity contribution in [2.75, 3.05) is 19.0 Å². The van der Waals surface area contributed by atoms with Crippen molar-refractivity contribution in [2.24, 2.45) is 0 Å². The number of nitro groups is 1. The molecule has 1 atom stereocenters. The van der Waals surface area contributed by atoms with E-state index >= 15 is 0 Å². The fourth-order valence-electron chi connectivity index (χ4n) is 3.93. The molecule has 0 radical (unpaired) electrons. The number of amides is 1. The first-order chi connectivity index (χ1) is 16.3. The molecule has 1 saturated heterocycles. The summed E-state index contributed by atoms with van der Waals surface area (Å²) in [7, 11) is 3.80. The quantitative estimate of drug-likeness (QED) is 0.197. The number of carbonyl (C=O) groups excluding carboxylic acids is 2. The lowest BCUT2D eigenvalue weighted by atomic mass is 9.95. The number of aliphatic hydroxyl groups excluding tert-OH is 1. The smallest absolute Gasteiger partial charge is 0.295 e. The minimum atomic E-state index is -0.841. The van der Waals surface area contributed by atoms with Crippen molar-refractivity contribution in [1.29, 1.82) is 0 Å². The molecule has 0 aliphatic carbocycles. The molecule has 1 aromatic heterocycles. The molecule has 0 saturated carbocycles. The van der Waals surface area contributed by atoms with E-state index in [9.17, 15) is 24.8 Å². The van der Waals surface area contributed by atoms with Crippen LogP contribution >= 0.6 is 0 Å². The Balaban J connectivity index is 1.83. The predicted octanol–water partition coefficient (Wildman–Crippen LogP) is 3.68. The fourth-order valence-corrected chi connectivity index (χ4v) is 3.93. The molecular weight excluding hydrogens is 436 g/mol. The Morgan fingerprint density at radius 2 is 1.76 bits per heavy atom. The zero-order chi connectivity index (χ0) is 24.4. The number of hydrogen-bond donors (Lipinski definition) is 1. The van der Waals surface area contributed by atoms with Crippen LogP contribution in [-0.2, 0) is 16.1 Å². The summed E-state index contributed by atoms with van der Waals surface area (Å²) in [5, 5.41) is 22.1. The van der Waals surface area contributed by atoms with Crippen LogP contribution in [0, 0.1) is 10.1 Å². The average Bonchev–Trinajstić information content (AvgIpc) is 3.09. The van der Waals surface area contributed by atoms with Gasteiger partial charge in [0, 0.05) is 56.4 Å². The molecule has 1 aliphatic rings. The summed E-state index contributed by atoms with van der Waals surface area (Å²) >= 11 is 0. The van der Waals surface area contributed by atoms with Crippen molar-refractivity contribution in [3.05, 3.63) is 105 Å². The van der Waals surface area contributed by atoms with Crippen molar-refractivity contribution < 1.29 is 19.6 Å². The number of non-ortho nitro benzene ring substituents is 1. The van der Waals surface area contributed by atoms with E-state index in [0.717, 1.165) is 11.3 Å². The Morgan fingerprint density at radius 1 is 1.09 bits per heavy atom. The van der Waals surface area contributed by atoms with Crippen LogP contribution in [0.25, 0.3) is 5.76 Å². The Hall–Kier alpha value is -4.53. The van der Waals surface area contributed by atoms with Crippen LogP contribution in [0.2, 0.25) is 0 Å². The van der Waals surface area contributed by atoms with E-state index in [1.54, 1.807) is 24.5 Å². The first-order valence-corrected chi connectivity index (χ1v) is 10.5. The van der Waals surface area contributed by atoms with Crippen LogP contribution in [-0.4, -0.2) is 45.7 Å². The first-order valence-electron chi connectivity index (χ1n) is 10.5. The Bertz CT molecular complexity index is 1270. The second-order valence-corrected chi connectivity index (χ2v) is 8.08. The van der Waals surface area contributed by atoms with E-state index in [1.165, 1.54) is 29.2 Å². The fraction of sp³-hybridized carbons (Fsp3) is 0.160. The van der Waals surface area contributed by atoms with Gasteiger partial charge in [-0.05, 0) is 41.5 Å². The molecule has 0 bridgehead atoms. The van der Waals surface area contributed by atoms with Gasteiger partial charge in [0.15, 0.2) is 0 Å². The number of ketones is 1.